The maximum atomic E-state index is 13.1. The maximum Gasteiger partial charge on any atom is 0.259 e. The van der Waals surface area contributed by atoms with Gasteiger partial charge in [0.2, 0.25) is 0 Å². The van der Waals surface area contributed by atoms with Crippen LogP contribution in [0.5, 0.6) is 0 Å². The van der Waals surface area contributed by atoms with E-state index in [4.69, 9.17) is 0 Å². The van der Waals surface area contributed by atoms with Crippen molar-refractivity contribution in [3.05, 3.63) is 42.0 Å². The molecule has 1 saturated heterocycles. The molecule has 2 aliphatic heterocycles. The van der Waals surface area contributed by atoms with Gasteiger partial charge < -0.3 is 4.90 Å². The van der Waals surface area contributed by atoms with Gasteiger partial charge in [-0.15, -0.1) is 0 Å². The molecule has 1 aliphatic carbocycles. The van der Waals surface area contributed by atoms with Crippen LogP contribution in [0.2, 0.25) is 0 Å². The molecule has 1 aromatic rings. The third-order valence-corrected chi connectivity index (χ3v) is 5.87. The van der Waals surface area contributed by atoms with Crippen LogP contribution in [-0.2, 0) is 9.59 Å². The first-order valence-corrected chi connectivity index (χ1v) is 9.66. The Kier molecular flexibility index (Phi) is 4.60. The second-order valence-electron chi connectivity index (χ2n) is 7.45. The second-order valence-corrected chi connectivity index (χ2v) is 7.45. The Morgan fingerprint density at radius 3 is 2.32 bits per heavy atom. The standard InChI is InChI=1S/C21H26N2O2/c24-20-15-18(21(25)23(20)17-11-5-2-6-12-17)19-13-7-8-14-22(19)16-9-3-1-4-10-16/h1,3-4,9-10,15,17,19H,2,5-8,11-14H2. The number of benzene rings is 1. The minimum atomic E-state index is -0.0921. The molecule has 0 N–H and O–H groups in total. The van der Waals surface area contributed by atoms with Crippen LogP contribution in [0, 0.1) is 0 Å². The lowest BCUT2D eigenvalue weighted by Gasteiger charge is -2.38. The van der Waals surface area contributed by atoms with Crippen LogP contribution < -0.4 is 4.90 Å². The molecule has 2 heterocycles. The molecule has 0 spiro atoms. The molecular formula is C21H26N2O2. The van der Waals surface area contributed by atoms with Gasteiger partial charge in [-0.05, 0) is 44.2 Å². The van der Waals surface area contributed by atoms with E-state index in [1.165, 1.54) is 6.42 Å². The zero-order valence-corrected chi connectivity index (χ0v) is 14.7. The molecule has 4 nitrogen and oxygen atoms in total. The lowest BCUT2D eigenvalue weighted by Crippen LogP contribution is -2.46. The van der Waals surface area contributed by atoms with Crippen LogP contribution in [-0.4, -0.2) is 35.3 Å². The van der Waals surface area contributed by atoms with Gasteiger partial charge >= 0.3 is 0 Å². The Morgan fingerprint density at radius 1 is 0.840 bits per heavy atom. The van der Waals surface area contributed by atoms with Gasteiger partial charge in [0.1, 0.15) is 0 Å². The van der Waals surface area contributed by atoms with Crippen LogP contribution >= 0.6 is 0 Å². The first kappa shape index (κ1) is 16.4. The largest absolute Gasteiger partial charge is 0.364 e. The molecule has 4 rings (SSSR count). The van der Waals surface area contributed by atoms with Crippen LogP contribution in [0.1, 0.15) is 51.4 Å². The van der Waals surface area contributed by atoms with Gasteiger partial charge in [0, 0.05) is 29.9 Å². The van der Waals surface area contributed by atoms with Crippen molar-refractivity contribution in [1.82, 2.24) is 4.90 Å². The number of para-hydroxylation sites is 1. The van der Waals surface area contributed by atoms with Crippen molar-refractivity contribution in [1.29, 1.82) is 0 Å². The summed E-state index contributed by atoms with van der Waals surface area (Å²) in [6.07, 6.45) is 10.2. The molecule has 0 radical (unpaired) electrons. The highest BCUT2D eigenvalue weighted by Gasteiger charge is 2.41. The summed E-state index contributed by atoms with van der Waals surface area (Å²) in [7, 11) is 0. The molecule has 1 saturated carbocycles. The van der Waals surface area contributed by atoms with E-state index in [2.05, 4.69) is 17.0 Å². The van der Waals surface area contributed by atoms with Gasteiger partial charge in [-0.1, -0.05) is 37.5 Å². The van der Waals surface area contributed by atoms with E-state index in [0.29, 0.717) is 5.57 Å². The van der Waals surface area contributed by atoms with Crippen LogP contribution in [0.25, 0.3) is 0 Å². The van der Waals surface area contributed by atoms with Gasteiger partial charge in [0.15, 0.2) is 0 Å². The predicted octanol–water partition coefficient (Wildman–Crippen LogP) is 3.67. The number of imide groups is 1. The smallest absolute Gasteiger partial charge is 0.259 e. The Bertz CT molecular complexity index is 676. The van der Waals surface area contributed by atoms with E-state index in [0.717, 1.165) is 57.2 Å². The Morgan fingerprint density at radius 2 is 1.56 bits per heavy atom. The monoisotopic (exact) mass is 338 g/mol. The number of carbonyl (C=O) groups excluding carboxylic acids is 2. The number of nitrogens with zero attached hydrogens (tertiary/aromatic N) is 2. The van der Waals surface area contributed by atoms with Gasteiger partial charge in [-0.25, -0.2) is 0 Å². The third kappa shape index (κ3) is 3.10. The highest BCUT2D eigenvalue weighted by molar-refractivity contribution is 6.17. The van der Waals surface area contributed by atoms with Gasteiger partial charge in [0.25, 0.3) is 11.8 Å². The number of hydrogen-bond acceptors (Lipinski definition) is 3. The first-order valence-electron chi connectivity index (χ1n) is 9.66. The van der Waals surface area contributed by atoms with Gasteiger partial charge in [-0.2, -0.15) is 0 Å². The lowest BCUT2D eigenvalue weighted by molar-refractivity contribution is -0.140. The van der Waals surface area contributed by atoms with Crippen molar-refractivity contribution in [2.24, 2.45) is 0 Å². The first-order chi connectivity index (χ1) is 12.3. The molecule has 0 bridgehead atoms. The number of anilines is 1. The zero-order chi connectivity index (χ0) is 17.2. The van der Waals surface area contributed by atoms with Gasteiger partial charge in [0.05, 0.1) is 6.04 Å². The zero-order valence-electron chi connectivity index (χ0n) is 14.7. The fourth-order valence-electron chi connectivity index (χ4n) is 4.61. The molecule has 3 aliphatic rings. The van der Waals surface area contributed by atoms with Crippen LogP contribution in [0.3, 0.4) is 0 Å². The molecule has 132 valence electrons. The molecule has 1 aromatic carbocycles. The second kappa shape index (κ2) is 7.03. The van der Waals surface area contributed by atoms with E-state index in [9.17, 15) is 9.59 Å². The highest BCUT2D eigenvalue weighted by atomic mass is 16.2. The van der Waals surface area contributed by atoms with E-state index < -0.39 is 0 Å². The predicted molar refractivity (Wildman–Crippen MR) is 98.2 cm³/mol. The van der Waals surface area contributed by atoms with Crippen LogP contribution in [0.15, 0.2) is 42.0 Å². The minimum absolute atomic E-state index is 0.0289. The summed E-state index contributed by atoms with van der Waals surface area (Å²) in [4.78, 5) is 29.6. The Labute approximate surface area is 149 Å². The normalized spacial score (nSPS) is 25.4. The maximum absolute atomic E-state index is 13.1. The summed E-state index contributed by atoms with van der Waals surface area (Å²) < 4.78 is 0. The van der Waals surface area contributed by atoms with Crippen molar-refractivity contribution >= 4 is 17.5 Å². The molecular weight excluding hydrogens is 312 g/mol. The molecule has 1 unspecified atom stereocenters. The molecule has 2 amide bonds. The lowest BCUT2D eigenvalue weighted by atomic mass is 9.92. The summed E-state index contributed by atoms with van der Waals surface area (Å²) in [5.74, 6) is -0.129. The Balaban J connectivity index is 1.58. The van der Waals surface area contributed by atoms with E-state index >= 15 is 0 Å². The van der Waals surface area contributed by atoms with Crippen molar-refractivity contribution in [2.75, 3.05) is 11.4 Å². The van der Waals surface area contributed by atoms with Crippen molar-refractivity contribution in [3.63, 3.8) is 0 Å². The van der Waals surface area contributed by atoms with Crippen molar-refractivity contribution in [2.45, 2.75) is 63.5 Å². The number of hydrogen-bond donors (Lipinski definition) is 0. The van der Waals surface area contributed by atoms with E-state index in [1.807, 2.05) is 18.2 Å². The molecule has 2 fully saturated rings. The SMILES string of the molecule is O=C1C=C(C2CCCCN2c2ccccc2)C(=O)N1C1CCCCC1. The van der Waals surface area contributed by atoms with E-state index in [-0.39, 0.29) is 23.9 Å². The summed E-state index contributed by atoms with van der Waals surface area (Å²) in [5, 5.41) is 0. The van der Waals surface area contributed by atoms with E-state index in [1.54, 1.807) is 11.0 Å². The minimum Gasteiger partial charge on any atom is -0.364 e. The quantitative estimate of drug-likeness (QED) is 0.790. The molecule has 0 aromatic heterocycles. The van der Waals surface area contributed by atoms with Crippen molar-refractivity contribution < 1.29 is 9.59 Å². The third-order valence-electron chi connectivity index (χ3n) is 5.87. The Hall–Kier alpha value is -2.10. The summed E-state index contributed by atoms with van der Waals surface area (Å²) in [6, 6.07) is 10.4. The number of amides is 2. The average Bonchev–Trinajstić information content (AvgIpc) is 2.97. The summed E-state index contributed by atoms with van der Waals surface area (Å²) >= 11 is 0. The number of rotatable bonds is 3. The fraction of sp³-hybridized carbons (Fsp3) is 0.524. The van der Waals surface area contributed by atoms with Gasteiger partial charge in [-0.3, -0.25) is 14.5 Å². The molecule has 25 heavy (non-hydrogen) atoms. The van der Waals surface area contributed by atoms with Crippen molar-refractivity contribution in [3.8, 4) is 0 Å². The average molecular weight is 338 g/mol. The number of carbonyl (C=O) groups is 2. The molecule has 1 atom stereocenters. The topological polar surface area (TPSA) is 40.6 Å². The summed E-state index contributed by atoms with van der Waals surface area (Å²) in [6.45, 7) is 0.941. The fourth-order valence-corrected chi connectivity index (χ4v) is 4.61. The highest BCUT2D eigenvalue weighted by Crippen LogP contribution is 2.34. The molecule has 4 heteroatoms. The van der Waals surface area contributed by atoms with Crippen LogP contribution in [0.4, 0.5) is 5.69 Å². The summed E-state index contributed by atoms with van der Waals surface area (Å²) in [5.41, 5.74) is 1.85. The number of piperidine rings is 1.